The van der Waals surface area contributed by atoms with E-state index in [9.17, 15) is 9.18 Å². The number of anilines is 1. The van der Waals surface area contributed by atoms with Crippen LogP contribution in [0.2, 0.25) is 0 Å². The predicted molar refractivity (Wildman–Crippen MR) is 89.9 cm³/mol. The number of carbonyl (C=O) groups excluding carboxylic acids is 1. The number of piperidine rings is 1. The molecule has 0 saturated carbocycles. The van der Waals surface area contributed by atoms with Gasteiger partial charge in [-0.15, -0.1) is 12.4 Å². The Morgan fingerprint density at radius 3 is 2.59 bits per heavy atom. The van der Waals surface area contributed by atoms with E-state index in [1.165, 1.54) is 37.5 Å². The summed E-state index contributed by atoms with van der Waals surface area (Å²) in [7, 11) is 0. The zero-order chi connectivity index (χ0) is 15.4. The average molecular weight is 330 g/mol. The first kappa shape index (κ1) is 18.7. The van der Waals surface area contributed by atoms with Crippen LogP contribution in [0.25, 0.3) is 0 Å². The number of nitrogens with zero attached hydrogens (tertiary/aromatic N) is 1. The fourth-order valence-electron chi connectivity index (χ4n) is 3.00. The van der Waals surface area contributed by atoms with Crippen LogP contribution in [-0.2, 0) is 0 Å². The zero-order valence-electron chi connectivity index (χ0n) is 13.1. The SMILES string of the molecule is C[C@@H]1CCC[C@H](C)N1CCNC(=O)c1ccc(F)c(N)c1.Cl. The lowest BCUT2D eigenvalue weighted by Crippen LogP contribution is -2.47. The van der Waals surface area contributed by atoms with E-state index >= 15 is 0 Å². The van der Waals surface area contributed by atoms with Gasteiger partial charge >= 0.3 is 0 Å². The molecule has 1 saturated heterocycles. The molecule has 0 bridgehead atoms. The van der Waals surface area contributed by atoms with Gasteiger partial charge in [-0.2, -0.15) is 0 Å². The molecule has 2 rings (SSSR count). The number of nitrogens with one attached hydrogen (secondary N) is 1. The van der Waals surface area contributed by atoms with Crippen molar-refractivity contribution in [2.45, 2.75) is 45.2 Å². The van der Waals surface area contributed by atoms with Crippen LogP contribution in [-0.4, -0.2) is 36.0 Å². The highest BCUT2D eigenvalue weighted by atomic mass is 35.5. The Kier molecular flexibility index (Phi) is 7.10. The molecule has 2 atom stereocenters. The molecule has 6 heteroatoms. The lowest BCUT2D eigenvalue weighted by atomic mass is 9.98. The lowest BCUT2D eigenvalue weighted by molar-refractivity contribution is 0.0889. The van der Waals surface area contributed by atoms with Gasteiger partial charge in [0, 0.05) is 30.7 Å². The summed E-state index contributed by atoms with van der Waals surface area (Å²) in [5.74, 6) is -0.707. The number of benzene rings is 1. The average Bonchev–Trinajstić information content (AvgIpc) is 2.45. The third-order valence-corrected chi connectivity index (χ3v) is 4.29. The van der Waals surface area contributed by atoms with Gasteiger partial charge in [0.05, 0.1) is 5.69 Å². The van der Waals surface area contributed by atoms with Crippen molar-refractivity contribution in [2.24, 2.45) is 0 Å². The van der Waals surface area contributed by atoms with E-state index in [1.54, 1.807) is 0 Å². The van der Waals surface area contributed by atoms with E-state index < -0.39 is 5.82 Å². The Bertz CT molecular complexity index is 502. The molecule has 1 fully saturated rings. The Labute approximate surface area is 137 Å². The minimum atomic E-state index is -0.498. The standard InChI is InChI=1S/C16H24FN3O.ClH/c1-11-4-3-5-12(2)20(11)9-8-19-16(21)13-6-7-14(17)15(18)10-13;/h6-7,10-12H,3-5,8-9,18H2,1-2H3,(H,19,21);1H/t11-,12+;. The van der Waals surface area contributed by atoms with Crippen LogP contribution in [0.5, 0.6) is 0 Å². The largest absolute Gasteiger partial charge is 0.396 e. The summed E-state index contributed by atoms with van der Waals surface area (Å²) in [6, 6.07) is 5.17. The van der Waals surface area contributed by atoms with Crippen molar-refractivity contribution in [1.82, 2.24) is 10.2 Å². The van der Waals surface area contributed by atoms with E-state index in [-0.39, 0.29) is 24.0 Å². The van der Waals surface area contributed by atoms with Crippen molar-refractivity contribution >= 4 is 24.0 Å². The van der Waals surface area contributed by atoms with Crippen molar-refractivity contribution in [2.75, 3.05) is 18.8 Å². The van der Waals surface area contributed by atoms with Gasteiger partial charge in [0.15, 0.2) is 0 Å². The summed E-state index contributed by atoms with van der Waals surface area (Å²) in [6.45, 7) is 5.89. The molecule has 124 valence electrons. The summed E-state index contributed by atoms with van der Waals surface area (Å²) in [6.07, 6.45) is 3.71. The van der Waals surface area contributed by atoms with Gasteiger partial charge in [-0.1, -0.05) is 6.42 Å². The van der Waals surface area contributed by atoms with Crippen LogP contribution in [0.4, 0.5) is 10.1 Å². The maximum atomic E-state index is 13.1. The number of hydrogen-bond acceptors (Lipinski definition) is 3. The molecule has 1 aromatic rings. The van der Waals surface area contributed by atoms with Gasteiger partial charge in [-0.25, -0.2) is 4.39 Å². The van der Waals surface area contributed by atoms with Crippen molar-refractivity contribution in [3.63, 3.8) is 0 Å². The van der Waals surface area contributed by atoms with Gasteiger partial charge < -0.3 is 11.1 Å². The third kappa shape index (κ3) is 4.58. The van der Waals surface area contributed by atoms with Crippen LogP contribution in [0, 0.1) is 5.82 Å². The predicted octanol–water partition coefficient (Wildman–Crippen LogP) is 2.82. The van der Waals surface area contributed by atoms with Gasteiger partial charge in [-0.05, 0) is 44.9 Å². The Balaban J connectivity index is 0.00000242. The maximum absolute atomic E-state index is 13.1. The fraction of sp³-hybridized carbons (Fsp3) is 0.562. The number of hydrogen-bond donors (Lipinski definition) is 2. The molecule has 4 nitrogen and oxygen atoms in total. The van der Waals surface area contributed by atoms with E-state index in [1.807, 2.05) is 0 Å². The molecule has 0 aromatic heterocycles. The molecule has 1 heterocycles. The molecule has 0 radical (unpaired) electrons. The van der Waals surface area contributed by atoms with Crippen molar-refractivity contribution in [3.8, 4) is 0 Å². The quantitative estimate of drug-likeness (QED) is 0.835. The van der Waals surface area contributed by atoms with Crippen LogP contribution < -0.4 is 11.1 Å². The monoisotopic (exact) mass is 329 g/mol. The van der Waals surface area contributed by atoms with E-state index in [2.05, 4.69) is 24.1 Å². The Morgan fingerprint density at radius 1 is 1.36 bits per heavy atom. The van der Waals surface area contributed by atoms with E-state index in [4.69, 9.17) is 5.73 Å². The third-order valence-electron chi connectivity index (χ3n) is 4.29. The molecule has 0 aliphatic carbocycles. The second-order valence-corrected chi connectivity index (χ2v) is 5.86. The number of carbonyl (C=O) groups is 1. The first-order valence-electron chi connectivity index (χ1n) is 7.58. The normalized spacial score (nSPS) is 22.0. The molecule has 1 aromatic carbocycles. The first-order chi connectivity index (χ1) is 9.99. The number of nitrogens with two attached hydrogens (primary N) is 1. The van der Waals surface area contributed by atoms with Crippen molar-refractivity contribution in [3.05, 3.63) is 29.6 Å². The Hall–Kier alpha value is -1.33. The first-order valence-corrected chi connectivity index (χ1v) is 7.58. The van der Waals surface area contributed by atoms with Gasteiger partial charge in [-0.3, -0.25) is 9.69 Å². The lowest BCUT2D eigenvalue weighted by Gasteiger charge is -2.39. The minimum Gasteiger partial charge on any atom is -0.396 e. The van der Waals surface area contributed by atoms with Gasteiger partial charge in [0.1, 0.15) is 5.82 Å². The molecular weight excluding hydrogens is 305 g/mol. The number of nitrogen functional groups attached to an aromatic ring is 1. The summed E-state index contributed by atoms with van der Waals surface area (Å²) in [5.41, 5.74) is 5.87. The molecule has 1 aliphatic heterocycles. The molecule has 0 spiro atoms. The van der Waals surface area contributed by atoms with Crippen LogP contribution in [0.15, 0.2) is 18.2 Å². The fourth-order valence-corrected chi connectivity index (χ4v) is 3.00. The molecular formula is C16H25ClFN3O. The molecule has 1 aliphatic rings. The minimum absolute atomic E-state index is 0. The maximum Gasteiger partial charge on any atom is 0.251 e. The zero-order valence-corrected chi connectivity index (χ0v) is 14.0. The number of rotatable bonds is 4. The van der Waals surface area contributed by atoms with Gasteiger partial charge in [0.2, 0.25) is 0 Å². The number of amides is 1. The highest BCUT2D eigenvalue weighted by Crippen LogP contribution is 2.21. The van der Waals surface area contributed by atoms with Crippen molar-refractivity contribution in [1.29, 1.82) is 0 Å². The van der Waals surface area contributed by atoms with E-state index in [0.29, 0.717) is 24.2 Å². The summed E-state index contributed by atoms with van der Waals surface area (Å²) >= 11 is 0. The molecule has 0 unspecified atom stereocenters. The second kappa shape index (κ2) is 8.34. The van der Waals surface area contributed by atoms with Gasteiger partial charge in [0.25, 0.3) is 5.91 Å². The smallest absolute Gasteiger partial charge is 0.251 e. The molecule has 3 N–H and O–H groups in total. The topological polar surface area (TPSA) is 58.4 Å². The molecule has 1 amide bonds. The summed E-state index contributed by atoms with van der Waals surface area (Å²) in [4.78, 5) is 14.4. The van der Waals surface area contributed by atoms with Crippen LogP contribution in [0.3, 0.4) is 0 Å². The van der Waals surface area contributed by atoms with E-state index in [0.717, 1.165) is 6.54 Å². The highest BCUT2D eigenvalue weighted by Gasteiger charge is 2.24. The molecule has 22 heavy (non-hydrogen) atoms. The van der Waals surface area contributed by atoms with Crippen LogP contribution >= 0.6 is 12.4 Å². The second-order valence-electron chi connectivity index (χ2n) is 5.86. The number of likely N-dealkylation sites (tertiary alicyclic amines) is 1. The Morgan fingerprint density at radius 2 is 2.00 bits per heavy atom. The summed E-state index contributed by atoms with van der Waals surface area (Å²) in [5, 5.41) is 2.88. The van der Waals surface area contributed by atoms with Crippen molar-refractivity contribution < 1.29 is 9.18 Å². The summed E-state index contributed by atoms with van der Waals surface area (Å²) < 4.78 is 13.1. The highest BCUT2D eigenvalue weighted by molar-refractivity contribution is 5.95. The number of halogens is 2. The van der Waals surface area contributed by atoms with Crippen LogP contribution in [0.1, 0.15) is 43.5 Å².